The molecule has 0 unspecified atom stereocenters. The zero-order valence-electron chi connectivity index (χ0n) is 10.4. The van der Waals surface area contributed by atoms with Crippen LogP contribution in [0.25, 0.3) is 0 Å². The number of thioether (sulfide) groups is 1. The lowest BCUT2D eigenvalue weighted by Gasteiger charge is -2.04. The highest BCUT2D eigenvalue weighted by atomic mass is 32.2. The second-order valence-corrected chi connectivity index (χ2v) is 4.94. The predicted octanol–water partition coefficient (Wildman–Crippen LogP) is 3.42. The Kier molecular flexibility index (Phi) is 3.90. The van der Waals surface area contributed by atoms with E-state index in [2.05, 4.69) is 4.98 Å². The van der Waals surface area contributed by atoms with Gasteiger partial charge in [0.15, 0.2) is 0 Å². The van der Waals surface area contributed by atoms with E-state index in [-0.39, 0.29) is 5.56 Å². The highest BCUT2D eigenvalue weighted by Gasteiger charge is 2.13. The van der Waals surface area contributed by atoms with Crippen molar-refractivity contribution in [1.29, 1.82) is 0 Å². The Morgan fingerprint density at radius 2 is 2.21 bits per heavy atom. The van der Waals surface area contributed by atoms with Gasteiger partial charge in [0.2, 0.25) is 0 Å². The molecular weight excluding hydrogens is 269 g/mol. The summed E-state index contributed by atoms with van der Waals surface area (Å²) < 4.78 is 18.4. The van der Waals surface area contributed by atoms with Gasteiger partial charge in [0.05, 0.1) is 11.3 Å². The summed E-state index contributed by atoms with van der Waals surface area (Å²) in [6.45, 7) is 3.65. The molecule has 0 spiro atoms. The molecule has 1 heterocycles. The van der Waals surface area contributed by atoms with Gasteiger partial charge in [0.25, 0.3) is 5.22 Å². The largest absolute Gasteiger partial charge is 0.478 e. The first-order valence-electron chi connectivity index (χ1n) is 5.56. The van der Waals surface area contributed by atoms with E-state index in [0.717, 1.165) is 17.5 Å². The molecule has 0 saturated carbocycles. The first-order chi connectivity index (χ1) is 8.97. The minimum Gasteiger partial charge on any atom is -0.478 e. The van der Waals surface area contributed by atoms with Crippen molar-refractivity contribution in [3.05, 3.63) is 46.6 Å². The number of hydrogen-bond donors (Lipinski definition) is 1. The monoisotopic (exact) mass is 281 g/mol. The summed E-state index contributed by atoms with van der Waals surface area (Å²) in [5, 5.41) is 9.50. The van der Waals surface area contributed by atoms with Gasteiger partial charge in [-0.1, -0.05) is 17.8 Å². The van der Waals surface area contributed by atoms with E-state index in [9.17, 15) is 9.18 Å². The lowest BCUT2D eigenvalue weighted by atomic mass is 10.1. The van der Waals surface area contributed by atoms with Gasteiger partial charge >= 0.3 is 5.97 Å². The molecule has 1 aromatic heterocycles. The number of carboxylic acid groups (broad SMARTS) is 1. The predicted molar refractivity (Wildman–Crippen MR) is 68.9 cm³/mol. The number of benzene rings is 1. The number of carboxylic acids is 1. The average Bonchev–Trinajstić information content (AvgIpc) is 2.67. The number of aryl methyl sites for hydroxylation is 2. The lowest BCUT2D eigenvalue weighted by molar-refractivity contribution is 0.0695. The van der Waals surface area contributed by atoms with Gasteiger partial charge in [-0.05, 0) is 31.5 Å². The van der Waals surface area contributed by atoms with Crippen molar-refractivity contribution in [3.8, 4) is 0 Å². The van der Waals surface area contributed by atoms with E-state index in [1.54, 1.807) is 0 Å². The van der Waals surface area contributed by atoms with E-state index < -0.39 is 11.8 Å². The number of oxazole rings is 1. The van der Waals surface area contributed by atoms with E-state index in [4.69, 9.17) is 9.52 Å². The Morgan fingerprint density at radius 1 is 1.47 bits per heavy atom. The zero-order valence-corrected chi connectivity index (χ0v) is 11.3. The minimum absolute atomic E-state index is 0.0347. The summed E-state index contributed by atoms with van der Waals surface area (Å²) in [5.41, 5.74) is 1.31. The van der Waals surface area contributed by atoms with Crippen LogP contribution in [0.5, 0.6) is 0 Å². The van der Waals surface area contributed by atoms with E-state index >= 15 is 0 Å². The molecule has 0 aliphatic rings. The zero-order chi connectivity index (χ0) is 14.0. The van der Waals surface area contributed by atoms with Crippen LogP contribution in [0.1, 0.15) is 27.4 Å². The average molecular weight is 281 g/mol. The van der Waals surface area contributed by atoms with Crippen LogP contribution in [-0.2, 0) is 5.75 Å². The number of aromatic carboxylic acids is 1. The van der Waals surface area contributed by atoms with Gasteiger partial charge in [-0.25, -0.2) is 14.2 Å². The lowest BCUT2D eigenvalue weighted by Crippen LogP contribution is -2.02. The second kappa shape index (κ2) is 5.44. The van der Waals surface area contributed by atoms with Crippen molar-refractivity contribution in [1.82, 2.24) is 4.98 Å². The summed E-state index contributed by atoms with van der Waals surface area (Å²) in [7, 11) is 0. The second-order valence-electron chi connectivity index (χ2n) is 4.02. The molecule has 0 aliphatic carbocycles. The molecule has 2 rings (SSSR count). The fraction of sp³-hybridized carbons (Fsp3) is 0.231. The molecule has 0 amide bonds. The third-order valence-corrected chi connectivity index (χ3v) is 3.54. The number of halogens is 1. The maximum Gasteiger partial charge on any atom is 0.336 e. The number of aromatic nitrogens is 1. The van der Waals surface area contributed by atoms with E-state index in [0.29, 0.717) is 16.5 Å². The third-order valence-electron chi connectivity index (χ3n) is 2.66. The van der Waals surface area contributed by atoms with E-state index in [1.807, 2.05) is 13.8 Å². The molecule has 2 aromatic rings. The molecule has 6 heteroatoms. The smallest absolute Gasteiger partial charge is 0.336 e. The van der Waals surface area contributed by atoms with E-state index in [1.165, 1.54) is 23.9 Å². The van der Waals surface area contributed by atoms with Crippen molar-refractivity contribution in [3.63, 3.8) is 0 Å². The molecule has 19 heavy (non-hydrogen) atoms. The fourth-order valence-electron chi connectivity index (χ4n) is 1.52. The van der Waals surface area contributed by atoms with Crippen LogP contribution >= 0.6 is 11.8 Å². The standard InChI is InChI=1S/C13H12FNO3S/c1-7-8(2)18-13(15-7)19-6-9-3-4-10(14)5-11(9)12(16)17/h3-5H,6H2,1-2H3,(H,16,17). The summed E-state index contributed by atoms with van der Waals surface area (Å²) in [6.07, 6.45) is 0. The van der Waals surface area contributed by atoms with Gasteiger partial charge in [-0.15, -0.1) is 0 Å². The van der Waals surface area contributed by atoms with Crippen LogP contribution in [0, 0.1) is 19.7 Å². The molecule has 100 valence electrons. The van der Waals surface area contributed by atoms with Gasteiger partial charge < -0.3 is 9.52 Å². The molecule has 0 atom stereocenters. The maximum atomic E-state index is 13.0. The SMILES string of the molecule is Cc1nc(SCc2ccc(F)cc2C(=O)O)oc1C. The van der Waals surface area contributed by atoms with Crippen LogP contribution < -0.4 is 0 Å². The molecule has 4 nitrogen and oxygen atoms in total. The summed E-state index contributed by atoms with van der Waals surface area (Å²) >= 11 is 1.28. The molecule has 0 aliphatic heterocycles. The minimum atomic E-state index is -1.14. The van der Waals surface area contributed by atoms with Gasteiger partial charge in [-0.3, -0.25) is 0 Å². The first kappa shape index (κ1) is 13.6. The Bertz CT molecular complexity index is 605. The van der Waals surface area contributed by atoms with Crippen LogP contribution in [0.15, 0.2) is 27.8 Å². The molecule has 1 aromatic carbocycles. The number of nitrogens with zero attached hydrogens (tertiary/aromatic N) is 1. The van der Waals surface area contributed by atoms with Crippen molar-refractivity contribution in [2.24, 2.45) is 0 Å². The summed E-state index contributed by atoms with van der Waals surface area (Å²) in [5.74, 6) is -0.606. The van der Waals surface area contributed by atoms with Crippen molar-refractivity contribution in [2.75, 3.05) is 0 Å². The molecular formula is C13H12FNO3S. The van der Waals surface area contributed by atoms with Crippen LogP contribution in [-0.4, -0.2) is 16.1 Å². The highest BCUT2D eigenvalue weighted by Crippen LogP contribution is 2.26. The first-order valence-corrected chi connectivity index (χ1v) is 6.54. The topological polar surface area (TPSA) is 63.3 Å². The number of carbonyl (C=O) groups is 1. The van der Waals surface area contributed by atoms with Gasteiger partial charge in [0.1, 0.15) is 11.6 Å². The normalized spacial score (nSPS) is 10.7. The van der Waals surface area contributed by atoms with Crippen LogP contribution in [0.3, 0.4) is 0 Å². The Balaban J connectivity index is 2.17. The summed E-state index contributed by atoms with van der Waals surface area (Å²) in [6, 6.07) is 3.73. The van der Waals surface area contributed by atoms with Crippen molar-refractivity contribution < 1.29 is 18.7 Å². The maximum absolute atomic E-state index is 13.0. The molecule has 0 radical (unpaired) electrons. The fourth-order valence-corrected chi connectivity index (χ4v) is 2.43. The van der Waals surface area contributed by atoms with Crippen molar-refractivity contribution >= 4 is 17.7 Å². The Morgan fingerprint density at radius 3 is 2.79 bits per heavy atom. The van der Waals surface area contributed by atoms with Crippen LogP contribution in [0.4, 0.5) is 4.39 Å². The number of rotatable bonds is 4. The molecule has 0 saturated heterocycles. The molecule has 0 bridgehead atoms. The van der Waals surface area contributed by atoms with Crippen molar-refractivity contribution in [2.45, 2.75) is 24.8 Å². The highest BCUT2D eigenvalue weighted by molar-refractivity contribution is 7.98. The Labute approximate surface area is 113 Å². The van der Waals surface area contributed by atoms with Gasteiger partial charge in [0, 0.05) is 5.75 Å². The van der Waals surface area contributed by atoms with Crippen LogP contribution in [0.2, 0.25) is 0 Å². The molecule has 1 N–H and O–H groups in total. The van der Waals surface area contributed by atoms with Gasteiger partial charge in [-0.2, -0.15) is 0 Å². The summed E-state index contributed by atoms with van der Waals surface area (Å²) in [4.78, 5) is 15.2. The Hall–Kier alpha value is -1.82. The number of hydrogen-bond acceptors (Lipinski definition) is 4. The third kappa shape index (κ3) is 3.14. The quantitative estimate of drug-likeness (QED) is 0.870. The molecule has 0 fully saturated rings.